The second kappa shape index (κ2) is 17.5. The van der Waals surface area contributed by atoms with Crippen molar-refractivity contribution in [3.63, 3.8) is 0 Å². The molecule has 0 atom stereocenters. The molecule has 0 amide bonds. The Hall–Kier alpha value is 0.456. The molecule has 0 aliphatic heterocycles. The van der Waals surface area contributed by atoms with Crippen LogP contribution in [0, 0.1) is 0 Å². The summed E-state index contributed by atoms with van der Waals surface area (Å²) in [5.74, 6) is -2.15. The number of carboxylic acid groups (broad SMARTS) is 2. The van der Waals surface area contributed by atoms with Crippen molar-refractivity contribution in [2.24, 2.45) is 0 Å². The summed E-state index contributed by atoms with van der Waals surface area (Å²) in [6, 6.07) is 0. The second-order valence-electron chi connectivity index (χ2n) is 1.29. The monoisotopic (exact) mass is 212 g/mol. The predicted molar refractivity (Wildman–Crippen MR) is 36.5 cm³/mol. The van der Waals surface area contributed by atoms with E-state index >= 15 is 0 Å². The molecule has 7 nitrogen and oxygen atoms in total. The number of carbonyl (C=O) groups is 2. The van der Waals surface area contributed by atoms with Crippen molar-refractivity contribution in [1.29, 1.82) is 0 Å². The first-order chi connectivity index (χ1) is 3.63. The van der Waals surface area contributed by atoms with Crippen LogP contribution in [0.4, 0.5) is 0 Å². The zero-order valence-electron chi connectivity index (χ0n) is 7.63. The van der Waals surface area contributed by atoms with Crippen LogP contribution in [0.1, 0.15) is 14.3 Å². The van der Waals surface area contributed by atoms with Gasteiger partial charge in [-0.25, -0.2) is 0 Å². The SMILES string of the molecule is O.O.O.O=C(O)CCC(=O)O.[H-].[K+]. The Bertz CT molecular complexity index is 105. The summed E-state index contributed by atoms with van der Waals surface area (Å²) in [4.78, 5) is 19.3. The summed E-state index contributed by atoms with van der Waals surface area (Å²) < 4.78 is 0. The van der Waals surface area contributed by atoms with Gasteiger partial charge in [0.1, 0.15) is 0 Å². The maximum atomic E-state index is 9.64. The maximum Gasteiger partial charge on any atom is 1.00 e. The Balaban J connectivity index is -0.0000000245. The Kier molecular flexibility index (Phi) is 42.9. The van der Waals surface area contributed by atoms with E-state index in [1.54, 1.807) is 0 Å². The van der Waals surface area contributed by atoms with Crippen molar-refractivity contribution in [1.82, 2.24) is 0 Å². The van der Waals surface area contributed by atoms with Crippen LogP contribution in [0.2, 0.25) is 0 Å². The zero-order chi connectivity index (χ0) is 6.57. The van der Waals surface area contributed by atoms with Crippen molar-refractivity contribution in [2.75, 3.05) is 0 Å². The molecule has 0 radical (unpaired) electrons. The minimum absolute atomic E-state index is 0. The predicted octanol–water partition coefficient (Wildman–Crippen LogP) is -5.42. The molecule has 0 aromatic heterocycles. The number of rotatable bonds is 3. The van der Waals surface area contributed by atoms with E-state index in [1.807, 2.05) is 0 Å². The van der Waals surface area contributed by atoms with Crippen LogP contribution in [0.25, 0.3) is 0 Å². The van der Waals surface area contributed by atoms with Crippen molar-refractivity contribution in [3.05, 3.63) is 0 Å². The third kappa shape index (κ3) is 31.4. The number of carboxylic acids is 2. The summed E-state index contributed by atoms with van der Waals surface area (Å²) in [6.45, 7) is 0. The molecule has 0 heterocycles. The third-order valence-electron chi connectivity index (χ3n) is 0.553. The second-order valence-corrected chi connectivity index (χ2v) is 1.29. The van der Waals surface area contributed by atoms with E-state index in [0.29, 0.717) is 0 Å². The van der Waals surface area contributed by atoms with Crippen LogP contribution < -0.4 is 51.4 Å². The first-order valence-electron chi connectivity index (χ1n) is 2.06. The van der Waals surface area contributed by atoms with E-state index < -0.39 is 11.9 Å². The van der Waals surface area contributed by atoms with E-state index in [1.165, 1.54) is 0 Å². The molecule has 0 bridgehead atoms. The average molecular weight is 212 g/mol. The van der Waals surface area contributed by atoms with Crippen LogP contribution >= 0.6 is 0 Å². The Morgan fingerprint density at radius 3 is 1.17 bits per heavy atom. The molecule has 0 saturated carbocycles. The molecule has 0 aromatic rings. The molecule has 8 heteroatoms. The molecule has 0 rings (SSSR count). The number of hydrogen-bond acceptors (Lipinski definition) is 2. The Labute approximate surface area is 113 Å². The van der Waals surface area contributed by atoms with Gasteiger partial charge in [-0.3, -0.25) is 9.59 Å². The van der Waals surface area contributed by atoms with Gasteiger partial charge in [0, 0.05) is 0 Å². The van der Waals surface area contributed by atoms with Crippen molar-refractivity contribution >= 4 is 11.9 Å². The largest absolute Gasteiger partial charge is 1.00 e. The molecule has 8 N–H and O–H groups in total. The standard InChI is InChI=1S/C4H6O4.K.3H2O.H/c5-3(6)1-2-4(7)8;;;;;/h1-2H2,(H,5,6)(H,7,8);;3*1H2;/q;+1;;;;-1. The zero-order valence-corrected chi connectivity index (χ0v) is 9.75. The molecule has 0 aliphatic rings. The summed E-state index contributed by atoms with van der Waals surface area (Å²) in [5.41, 5.74) is 0. The van der Waals surface area contributed by atoms with Gasteiger partial charge in [0.25, 0.3) is 0 Å². The minimum Gasteiger partial charge on any atom is -1.00 e. The van der Waals surface area contributed by atoms with E-state index in [-0.39, 0.29) is 82.1 Å². The summed E-state index contributed by atoms with van der Waals surface area (Å²) in [6.07, 6.45) is -0.593. The van der Waals surface area contributed by atoms with Gasteiger partial charge in [-0.1, -0.05) is 0 Å². The Morgan fingerprint density at radius 1 is 0.917 bits per heavy atom. The Morgan fingerprint density at radius 2 is 1.08 bits per heavy atom. The fourth-order valence-corrected chi connectivity index (χ4v) is 0.214. The van der Waals surface area contributed by atoms with Gasteiger partial charge in [0.2, 0.25) is 0 Å². The molecule has 0 aliphatic carbocycles. The molecule has 72 valence electrons. The van der Waals surface area contributed by atoms with Crippen molar-refractivity contribution < 1.29 is 89.0 Å². The summed E-state index contributed by atoms with van der Waals surface area (Å²) in [5, 5.41) is 15.8. The molecule has 0 saturated heterocycles. The smallest absolute Gasteiger partial charge is 1.00 e. The topological polar surface area (TPSA) is 169 Å². The van der Waals surface area contributed by atoms with Gasteiger partial charge < -0.3 is 28.1 Å². The van der Waals surface area contributed by atoms with Crippen LogP contribution in [0.3, 0.4) is 0 Å². The van der Waals surface area contributed by atoms with E-state index in [4.69, 9.17) is 10.2 Å². The van der Waals surface area contributed by atoms with Gasteiger partial charge in [-0.2, -0.15) is 0 Å². The first-order valence-corrected chi connectivity index (χ1v) is 2.06. The van der Waals surface area contributed by atoms with Crippen LogP contribution in [0.5, 0.6) is 0 Å². The van der Waals surface area contributed by atoms with E-state index in [9.17, 15) is 9.59 Å². The molecular weight excluding hydrogens is 199 g/mol. The van der Waals surface area contributed by atoms with Gasteiger partial charge in [-0.15, -0.1) is 0 Å². The maximum absolute atomic E-state index is 9.64. The van der Waals surface area contributed by atoms with Crippen LogP contribution in [0.15, 0.2) is 0 Å². The van der Waals surface area contributed by atoms with Crippen LogP contribution in [-0.4, -0.2) is 38.6 Å². The summed E-state index contributed by atoms with van der Waals surface area (Å²) >= 11 is 0. The van der Waals surface area contributed by atoms with Gasteiger partial charge in [-0.05, 0) is 0 Å². The van der Waals surface area contributed by atoms with Gasteiger partial charge in [0.05, 0.1) is 12.8 Å². The fourth-order valence-electron chi connectivity index (χ4n) is 0.214. The van der Waals surface area contributed by atoms with Crippen molar-refractivity contribution in [3.8, 4) is 0 Å². The molecule has 0 fully saturated rings. The molecule has 0 aromatic carbocycles. The normalized spacial score (nSPS) is 5.67. The van der Waals surface area contributed by atoms with E-state index in [2.05, 4.69) is 0 Å². The fraction of sp³-hybridized carbons (Fsp3) is 0.500. The third-order valence-corrected chi connectivity index (χ3v) is 0.553. The average Bonchev–Trinajstić information content (AvgIpc) is 1.61. The van der Waals surface area contributed by atoms with Crippen LogP contribution in [-0.2, 0) is 9.59 Å². The molecule has 0 unspecified atom stereocenters. The molecule has 12 heavy (non-hydrogen) atoms. The minimum atomic E-state index is -1.08. The molecule has 0 spiro atoms. The number of aliphatic carboxylic acids is 2. The first kappa shape index (κ1) is 29.4. The van der Waals surface area contributed by atoms with Crippen molar-refractivity contribution in [2.45, 2.75) is 12.8 Å². The number of hydrogen-bond donors (Lipinski definition) is 2. The quantitative estimate of drug-likeness (QED) is 0.445. The summed E-state index contributed by atoms with van der Waals surface area (Å²) in [7, 11) is 0. The van der Waals surface area contributed by atoms with Gasteiger partial charge >= 0.3 is 63.3 Å². The van der Waals surface area contributed by atoms with E-state index in [0.717, 1.165) is 0 Å². The van der Waals surface area contributed by atoms with Gasteiger partial charge in [0.15, 0.2) is 0 Å². The molecular formula is C4H13KO7.